The minimum absolute atomic E-state index is 0.104. The van der Waals surface area contributed by atoms with E-state index < -0.39 is 5.60 Å². The van der Waals surface area contributed by atoms with Crippen molar-refractivity contribution in [2.24, 2.45) is 11.8 Å². The quantitative estimate of drug-likeness (QED) is 0.588. The molecule has 0 aromatic carbocycles. The maximum atomic E-state index is 11.6. The maximum absolute atomic E-state index is 11.6. The smallest absolute Gasteiger partial charge is 0.303 e. The van der Waals surface area contributed by atoms with Gasteiger partial charge in [-0.15, -0.1) is 0 Å². The van der Waals surface area contributed by atoms with Crippen LogP contribution in [0.3, 0.4) is 0 Å². The topological polar surface area (TPSA) is 61.8 Å². The van der Waals surface area contributed by atoms with Crippen molar-refractivity contribution in [3.05, 3.63) is 0 Å². The number of rotatable bonds is 4. The zero-order chi connectivity index (χ0) is 14.9. The van der Waals surface area contributed by atoms with Gasteiger partial charge in [-0.3, -0.25) is 4.79 Å². The van der Waals surface area contributed by atoms with E-state index in [4.69, 9.17) is 14.2 Å². The van der Waals surface area contributed by atoms with Gasteiger partial charge in [0.2, 0.25) is 0 Å². The first-order chi connectivity index (χ1) is 10.1. The van der Waals surface area contributed by atoms with Gasteiger partial charge in [-0.2, -0.15) is 0 Å². The fourth-order valence-corrected chi connectivity index (χ4v) is 4.39. The standard InChI is InChI=1S/C16H24O5/c1-11(18)21-16-7-4-5-13(16)12(10-17)14(9-16)20-15-6-2-3-8-19-15/h10,12-15H,2-9H2,1H3/t12?,13-,14?,15?,16-/m0/s1. The Labute approximate surface area is 125 Å². The lowest BCUT2D eigenvalue weighted by molar-refractivity contribution is -0.196. The number of carbonyl (C=O) groups is 2. The number of aldehydes is 1. The molecule has 0 bridgehead atoms. The van der Waals surface area contributed by atoms with Gasteiger partial charge in [0.05, 0.1) is 6.10 Å². The van der Waals surface area contributed by atoms with Gasteiger partial charge in [-0.25, -0.2) is 0 Å². The molecule has 1 heterocycles. The normalized spacial score (nSPS) is 42.5. The van der Waals surface area contributed by atoms with E-state index in [1.807, 2.05) is 0 Å². The minimum Gasteiger partial charge on any atom is -0.459 e. The lowest BCUT2D eigenvalue weighted by Gasteiger charge is -2.29. The molecule has 5 nitrogen and oxygen atoms in total. The van der Waals surface area contributed by atoms with Crippen LogP contribution in [-0.4, -0.2) is 36.9 Å². The molecule has 0 spiro atoms. The molecular weight excluding hydrogens is 272 g/mol. The Balaban J connectivity index is 1.72. The van der Waals surface area contributed by atoms with Crippen LogP contribution in [0.2, 0.25) is 0 Å². The second-order valence-electron chi connectivity index (χ2n) is 6.55. The largest absolute Gasteiger partial charge is 0.459 e. The Kier molecular flexibility index (Phi) is 4.31. The molecule has 3 unspecified atom stereocenters. The maximum Gasteiger partial charge on any atom is 0.303 e. The summed E-state index contributed by atoms with van der Waals surface area (Å²) in [5, 5.41) is 0. The summed E-state index contributed by atoms with van der Waals surface area (Å²) in [5.74, 6) is -0.342. The van der Waals surface area contributed by atoms with Gasteiger partial charge in [0.1, 0.15) is 11.9 Å². The van der Waals surface area contributed by atoms with Crippen LogP contribution in [0, 0.1) is 11.8 Å². The molecule has 3 rings (SSSR count). The van der Waals surface area contributed by atoms with E-state index in [0.717, 1.165) is 51.4 Å². The van der Waals surface area contributed by atoms with E-state index in [0.29, 0.717) is 6.42 Å². The highest BCUT2D eigenvalue weighted by Crippen LogP contribution is 2.53. The van der Waals surface area contributed by atoms with Crippen molar-refractivity contribution in [3.8, 4) is 0 Å². The number of hydrogen-bond acceptors (Lipinski definition) is 5. The molecule has 1 aliphatic heterocycles. The van der Waals surface area contributed by atoms with Gasteiger partial charge in [0.25, 0.3) is 0 Å². The van der Waals surface area contributed by atoms with Crippen LogP contribution < -0.4 is 0 Å². The van der Waals surface area contributed by atoms with Gasteiger partial charge in [0.15, 0.2) is 6.29 Å². The Morgan fingerprint density at radius 2 is 2.14 bits per heavy atom. The number of fused-ring (bicyclic) bond motifs is 1. The summed E-state index contributed by atoms with van der Waals surface area (Å²) in [7, 11) is 0. The molecule has 2 aliphatic carbocycles. The predicted octanol–water partition coefficient (Wildman–Crippen LogP) is 2.22. The zero-order valence-corrected chi connectivity index (χ0v) is 12.6. The number of esters is 1. The summed E-state index contributed by atoms with van der Waals surface area (Å²) in [4.78, 5) is 23.0. The molecule has 0 aromatic heterocycles. The Bertz CT molecular complexity index is 403. The Hall–Kier alpha value is -0.940. The molecule has 3 fully saturated rings. The summed E-state index contributed by atoms with van der Waals surface area (Å²) in [5.41, 5.74) is -0.489. The SMILES string of the molecule is CC(=O)O[C@]12CCC[C@H]1C(C=O)C(OC1CCCCO1)C2. The molecule has 0 aromatic rings. The fourth-order valence-electron chi connectivity index (χ4n) is 4.39. The summed E-state index contributed by atoms with van der Waals surface area (Å²) in [6, 6.07) is 0. The van der Waals surface area contributed by atoms with Gasteiger partial charge >= 0.3 is 5.97 Å². The van der Waals surface area contributed by atoms with Crippen molar-refractivity contribution in [2.75, 3.05) is 6.61 Å². The first-order valence-corrected chi connectivity index (χ1v) is 8.06. The third kappa shape index (κ3) is 2.86. The number of hydrogen-bond donors (Lipinski definition) is 0. The second-order valence-corrected chi connectivity index (χ2v) is 6.55. The zero-order valence-electron chi connectivity index (χ0n) is 12.6. The molecule has 2 saturated carbocycles. The van der Waals surface area contributed by atoms with E-state index in [-0.39, 0.29) is 30.2 Å². The highest BCUT2D eigenvalue weighted by atomic mass is 16.7. The second kappa shape index (κ2) is 6.05. The van der Waals surface area contributed by atoms with Crippen molar-refractivity contribution in [3.63, 3.8) is 0 Å². The monoisotopic (exact) mass is 296 g/mol. The number of carbonyl (C=O) groups excluding carboxylic acids is 2. The molecule has 21 heavy (non-hydrogen) atoms. The first-order valence-electron chi connectivity index (χ1n) is 8.06. The van der Waals surface area contributed by atoms with E-state index in [1.165, 1.54) is 6.92 Å². The van der Waals surface area contributed by atoms with E-state index in [2.05, 4.69) is 0 Å². The van der Waals surface area contributed by atoms with Crippen LogP contribution >= 0.6 is 0 Å². The van der Waals surface area contributed by atoms with Gasteiger partial charge in [-0.1, -0.05) is 0 Å². The van der Waals surface area contributed by atoms with Crippen LogP contribution in [-0.2, 0) is 23.8 Å². The summed E-state index contributed by atoms with van der Waals surface area (Å²) < 4.78 is 17.3. The summed E-state index contributed by atoms with van der Waals surface area (Å²) >= 11 is 0. The van der Waals surface area contributed by atoms with E-state index in [9.17, 15) is 9.59 Å². The van der Waals surface area contributed by atoms with E-state index in [1.54, 1.807) is 0 Å². The lowest BCUT2D eigenvalue weighted by Crippen LogP contribution is -2.35. The fraction of sp³-hybridized carbons (Fsp3) is 0.875. The van der Waals surface area contributed by atoms with Crippen molar-refractivity contribution >= 4 is 12.3 Å². The predicted molar refractivity (Wildman–Crippen MR) is 74.5 cm³/mol. The third-order valence-electron chi connectivity index (χ3n) is 5.20. The van der Waals surface area contributed by atoms with Gasteiger partial charge in [-0.05, 0) is 38.5 Å². The molecule has 1 saturated heterocycles. The van der Waals surface area contributed by atoms with Crippen molar-refractivity contribution in [1.82, 2.24) is 0 Å². The summed E-state index contributed by atoms with van der Waals surface area (Å²) in [6.45, 7) is 2.17. The van der Waals surface area contributed by atoms with Gasteiger partial charge in [0, 0.05) is 31.8 Å². The Morgan fingerprint density at radius 1 is 1.29 bits per heavy atom. The average molecular weight is 296 g/mol. The van der Waals surface area contributed by atoms with Crippen LogP contribution in [0.5, 0.6) is 0 Å². The van der Waals surface area contributed by atoms with Crippen LogP contribution in [0.15, 0.2) is 0 Å². The molecule has 118 valence electrons. The lowest BCUT2D eigenvalue weighted by atomic mass is 9.89. The highest BCUT2D eigenvalue weighted by Gasteiger charge is 2.59. The molecule has 0 amide bonds. The molecular formula is C16H24O5. The minimum atomic E-state index is -0.489. The molecule has 0 N–H and O–H groups in total. The van der Waals surface area contributed by atoms with Crippen LogP contribution in [0.1, 0.15) is 51.9 Å². The summed E-state index contributed by atoms with van der Waals surface area (Å²) in [6.07, 6.45) is 7.06. The van der Waals surface area contributed by atoms with E-state index >= 15 is 0 Å². The van der Waals surface area contributed by atoms with Crippen LogP contribution in [0.4, 0.5) is 0 Å². The van der Waals surface area contributed by atoms with Crippen LogP contribution in [0.25, 0.3) is 0 Å². The van der Waals surface area contributed by atoms with Crippen molar-refractivity contribution in [2.45, 2.75) is 69.9 Å². The number of ether oxygens (including phenoxy) is 3. The Morgan fingerprint density at radius 3 is 2.81 bits per heavy atom. The third-order valence-corrected chi connectivity index (χ3v) is 5.20. The van der Waals surface area contributed by atoms with Crippen molar-refractivity contribution in [1.29, 1.82) is 0 Å². The first kappa shape index (κ1) is 15.0. The van der Waals surface area contributed by atoms with Crippen molar-refractivity contribution < 1.29 is 23.8 Å². The van der Waals surface area contributed by atoms with Gasteiger partial charge < -0.3 is 19.0 Å². The average Bonchev–Trinajstić information content (AvgIpc) is 2.94. The molecule has 3 aliphatic rings. The molecule has 5 heteroatoms. The highest BCUT2D eigenvalue weighted by molar-refractivity contribution is 5.67. The molecule has 0 radical (unpaired) electrons. The molecule has 5 atom stereocenters.